The Morgan fingerprint density at radius 2 is 1.29 bits per heavy atom. The van der Waals surface area contributed by atoms with Crippen molar-refractivity contribution in [2.24, 2.45) is 0 Å². The van der Waals surface area contributed by atoms with Gasteiger partial charge in [-0.3, -0.25) is 0 Å². The van der Waals surface area contributed by atoms with E-state index in [1.807, 2.05) is 0 Å². The SMILES string of the molecule is O=P(O)(O)O.[Ca+2].[H-].[H-].[H-].[H-].[Sr+2]. The van der Waals surface area contributed by atoms with E-state index < -0.39 is 7.82 Å². The molecule has 3 N–H and O–H groups in total. The van der Waals surface area contributed by atoms with E-state index in [1.54, 1.807) is 0 Å². The van der Waals surface area contributed by atoms with E-state index in [9.17, 15) is 0 Å². The predicted molar refractivity (Wildman–Crippen MR) is 30.2 cm³/mol. The topological polar surface area (TPSA) is 77.8 Å². The summed E-state index contributed by atoms with van der Waals surface area (Å²) < 4.78 is 8.88. The zero-order chi connectivity index (χ0) is 4.50. The maximum Gasteiger partial charge on any atom is 2.00 e. The third-order valence-corrected chi connectivity index (χ3v) is 0. The van der Waals surface area contributed by atoms with Crippen molar-refractivity contribution in [3.8, 4) is 0 Å². The van der Waals surface area contributed by atoms with Crippen molar-refractivity contribution in [1.82, 2.24) is 0 Å². The van der Waals surface area contributed by atoms with Gasteiger partial charge >= 0.3 is 91.0 Å². The zero-order valence-electron chi connectivity index (χ0n) is 7.61. The fourth-order valence-electron chi connectivity index (χ4n) is 0. The van der Waals surface area contributed by atoms with Gasteiger partial charge in [0.2, 0.25) is 0 Å². The molecule has 0 unspecified atom stereocenters. The molecule has 0 heterocycles. The molecule has 7 heteroatoms. The van der Waals surface area contributed by atoms with E-state index in [0.717, 1.165) is 0 Å². The van der Waals surface area contributed by atoms with Gasteiger partial charge in [-0.05, 0) is 0 Å². The average molecular weight is 230 g/mol. The maximum atomic E-state index is 8.88. The molecule has 40 valence electrons. The van der Waals surface area contributed by atoms with Crippen LogP contribution in [0.2, 0.25) is 0 Å². The first-order valence-electron chi connectivity index (χ1n) is 0.783. The molecule has 4 nitrogen and oxygen atoms in total. The Morgan fingerprint density at radius 1 is 1.29 bits per heavy atom. The zero-order valence-corrected chi connectivity index (χ0v) is 10.2. The fourth-order valence-corrected chi connectivity index (χ4v) is 0. The summed E-state index contributed by atoms with van der Waals surface area (Å²) in [7, 11) is -4.64. The Kier molecular flexibility index (Phi) is 16.4. The van der Waals surface area contributed by atoms with Crippen molar-refractivity contribution < 1.29 is 25.0 Å². The largest absolute Gasteiger partial charge is 2.00 e. The molecule has 0 fully saturated rings. The molecule has 0 saturated heterocycles. The normalized spacial score (nSPS) is 8.43. The van der Waals surface area contributed by atoms with Gasteiger partial charge in [-0.25, -0.2) is 4.57 Å². The van der Waals surface area contributed by atoms with Crippen molar-refractivity contribution in [1.29, 1.82) is 0 Å². The van der Waals surface area contributed by atoms with Crippen molar-refractivity contribution in [2.75, 3.05) is 0 Å². The average Bonchev–Trinajstić information content (AvgIpc) is 0.722. The summed E-state index contributed by atoms with van der Waals surface area (Å²) in [5, 5.41) is 0. The van der Waals surface area contributed by atoms with Crippen LogP contribution >= 0.6 is 7.82 Å². The summed E-state index contributed by atoms with van der Waals surface area (Å²) >= 11 is 0. The van der Waals surface area contributed by atoms with Gasteiger partial charge < -0.3 is 20.4 Å². The molecule has 0 saturated carbocycles. The van der Waals surface area contributed by atoms with Crippen LogP contribution in [0.15, 0.2) is 0 Å². The van der Waals surface area contributed by atoms with E-state index in [-0.39, 0.29) is 88.9 Å². The van der Waals surface area contributed by atoms with Crippen LogP contribution in [-0.2, 0) is 4.57 Å². The molecule has 0 amide bonds. The summed E-state index contributed by atoms with van der Waals surface area (Å²) in [5.41, 5.74) is 0. The molecule has 0 radical (unpaired) electrons. The minimum absolute atomic E-state index is 0. The summed E-state index contributed by atoms with van der Waals surface area (Å²) in [6, 6.07) is 0. The first-order valence-corrected chi connectivity index (χ1v) is 2.35. The van der Waals surface area contributed by atoms with Crippen molar-refractivity contribution >= 4 is 91.0 Å². The Balaban J connectivity index is -0.00000000533. The van der Waals surface area contributed by atoms with Crippen LogP contribution in [0.25, 0.3) is 0 Å². The van der Waals surface area contributed by atoms with E-state index in [1.165, 1.54) is 0 Å². The van der Waals surface area contributed by atoms with Crippen LogP contribution in [0.4, 0.5) is 0 Å². The van der Waals surface area contributed by atoms with Gasteiger partial charge in [-0.2, -0.15) is 0 Å². The maximum absolute atomic E-state index is 8.88. The second-order valence-corrected chi connectivity index (χ2v) is 1.54. The number of phosphoric acid groups is 1. The van der Waals surface area contributed by atoms with E-state index in [4.69, 9.17) is 19.2 Å². The van der Waals surface area contributed by atoms with Gasteiger partial charge in [0, 0.05) is 0 Å². The Morgan fingerprint density at radius 3 is 1.29 bits per heavy atom. The predicted octanol–water partition coefficient (Wildman–Crippen LogP) is -1.24. The molecular formula is H7CaO4PSr. The van der Waals surface area contributed by atoms with Gasteiger partial charge in [-0.15, -0.1) is 0 Å². The molecule has 0 aliphatic heterocycles. The van der Waals surface area contributed by atoms with Crippen LogP contribution in [0, 0.1) is 0 Å². The molecule has 0 aromatic carbocycles. The molecule has 7 heavy (non-hydrogen) atoms. The molecule has 0 bridgehead atoms. The summed E-state index contributed by atoms with van der Waals surface area (Å²) in [6.45, 7) is 0. The van der Waals surface area contributed by atoms with Crippen molar-refractivity contribution in [3.05, 3.63) is 0 Å². The Bertz CT molecular complexity index is 68.2. The molecule has 0 atom stereocenters. The van der Waals surface area contributed by atoms with Crippen LogP contribution in [0.5, 0.6) is 0 Å². The molecule has 0 rings (SSSR count). The summed E-state index contributed by atoms with van der Waals surface area (Å²) in [5.74, 6) is 0. The molecule has 0 aromatic rings. The van der Waals surface area contributed by atoms with Gasteiger partial charge in [-0.1, -0.05) is 0 Å². The minimum atomic E-state index is -4.64. The van der Waals surface area contributed by atoms with Crippen molar-refractivity contribution in [3.63, 3.8) is 0 Å². The summed E-state index contributed by atoms with van der Waals surface area (Å²) in [4.78, 5) is 21.6. The minimum Gasteiger partial charge on any atom is -1.00 e. The van der Waals surface area contributed by atoms with Crippen LogP contribution in [0.3, 0.4) is 0 Å². The smallest absolute Gasteiger partial charge is 1.00 e. The first-order chi connectivity index (χ1) is 2.00. The number of hydrogen-bond acceptors (Lipinski definition) is 1. The Labute approximate surface area is 114 Å². The first kappa shape index (κ1) is 16.4. The fraction of sp³-hybridized carbons (Fsp3) is 0. The number of hydrogen-bond donors (Lipinski definition) is 3. The second kappa shape index (κ2) is 6.96. The van der Waals surface area contributed by atoms with Crippen LogP contribution in [-0.4, -0.2) is 97.9 Å². The molecule has 0 aromatic heterocycles. The molecule has 0 aliphatic carbocycles. The van der Waals surface area contributed by atoms with Gasteiger partial charge in [0.05, 0.1) is 0 Å². The van der Waals surface area contributed by atoms with Gasteiger partial charge in [0.15, 0.2) is 0 Å². The van der Waals surface area contributed by atoms with Gasteiger partial charge in [0.25, 0.3) is 0 Å². The third-order valence-electron chi connectivity index (χ3n) is 0. The van der Waals surface area contributed by atoms with E-state index in [0.29, 0.717) is 0 Å². The monoisotopic (exact) mass is 230 g/mol. The van der Waals surface area contributed by atoms with Gasteiger partial charge in [0.1, 0.15) is 0 Å². The molecule has 0 spiro atoms. The quantitative estimate of drug-likeness (QED) is 0.359. The van der Waals surface area contributed by atoms with Crippen molar-refractivity contribution in [2.45, 2.75) is 0 Å². The van der Waals surface area contributed by atoms with E-state index >= 15 is 0 Å². The number of rotatable bonds is 0. The Hall–Kier alpha value is 2.85. The molecule has 0 aliphatic rings. The summed E-state index contributed by atoms with van der Waals surface area (Å²) in [6.07, 6.45) is 0. The second-order valence-electron chi connectivity index (χ2n) is 0.513. The van der Waals surface area contributed by atoms with E-state index in [2.05, 4.69) is 0 Å². The molecular weight excluding hydrogens is 223 g/mol. The van der Waals surface area contributed by atoms with Crippen LogP contribution in [0.1, 0.15) is 5.71 Å². The third kappa shape index (κ3) is 51.1. The van der Waals surface area contributed by atoms with Crippen LogP contribution < -0.4 is 0 Å². The standard InChI is InChI=1S/Ca.H3O4P.Sr.4H/c;1-5(2,3)4;;;;;/h;(H3,1,2,3,4);;;;;/q+2;;+2;4*-1.